The normalized spacial score (nSPS) is 25.6. The number of carbonyl (C=O) groups excluding carboxylic acids is 6. The number of alkyl carbamates (subject to hydrolysis) is 1. The zero-order valence-electron chi connectivity index (χ0n) is 29.0. The van der Waals surface area contributed by atoms with Crippen molar-refractivity contribution >= 4 is 35.8 Å². The zero-order chi connectivity index (χ0) is 34.7. The molecule has 3 N–H and O–H groups in total. The van der Waals surface area contributed by atoms with Gasteiger partial charge in [0.2, 0.25) is 11.8 Å². The number of ether oxygens (including phenoxy) is 3. The molecule has 0 saturated carbocycles. The molecule has 0 aromatic heterocycles. The molecule has 13 heteroatoms. The van der Waals surface area contributed by atoms with Gasteiger partial charge in [-0.3, -0.25) is 24.0 Å². The summed E-state index contributed by atoms with van der Waals surface area (Å²) >= 11 is 0. The van der Waals surface area contributed by atoms with E-state index in [0.29, 0.717) is 32.2 Å². The third-order valence-electron chi connectivity index (χ3n) is 8.66. The molecule has 2 aliphatic rings. The molecule has 2 heterocycles. The van der Waals surface area contributed by atoms with Gasteiger partial charge >= 0.3 is 18.0 Å². The first kappa shape index (κ1) is 38.8. The van der Waals surface area contributed by atoms with Crippen molar-refractivity contribution in [3.63, 3.8) is 0 Å². The molecule has 2 fully saturated rings. The lowest BCUT2D eigenvalue weighted by atomic mass is 9.78. The third kappa shape index (κ3) is 12.1. The van der Waals surface area contributed by atoms with Crippen molar-refractivity contribution in [2.45, 2.75) is 143 Å². The molecule has 5 atom stereocenters. The van der Waals surface area contributed by atoms with E-state index in [0.717, 1.165) is 38.5 Å². The number of nitrogens with zero attached hydrogens (tertiary/aromatic N) is 1. The number of fused-ring (bicyclic) bond motifs is 1. The van der Waals surface area contributed by atoms with Crippen LogP contribution in [0.3, 0.4) is 0 Å². The van der Waals surface area contributed by atoms with Crippen LogP contribution in [0, 0.1) is 11.3 Å². The summed E-state index contributed by atoms with van der Waals surface area (Å²) in [6.45, 7) is 12.1. The van der Waals surface area contributed by atoms with Gasteiger partial charge in [0.05, 0.1) is 13.2 Å². The first-order valence-electron chi connectivity index (χ1n) is 16.6. The third-order valence-corrected chi connectivity index (χ3v) is 8.66. The summed E-state index contributed by atoms with van der Waals surface area (Å²) in [7, 11) is 1.19. The maximum absolute atomic E-state index is 14.3. The number of amides is 4. The SMILES string of the molecule is COC(=O)CNC(=O)C(OC(C)=O)[C@@H]1CCCCCCCCCC(C)(C)C(NC(=O)OC(C)(C)C)C(=O)N2CC[C@H](C)[C@H]2C(=O)N1. The second-order valence-corrected chi connectivity index (χ2v) is 14.3. The van der Waals surface area contributed by atoms with Crippen LogP contribution in [-0.2, 0) is 38.2 Å². The zero-order valence-corrected chi connectivity index (χ0v) is 29.0. The smallest absolute Gasteiger partial charge is 0.408 e. The highest BCUT2D eigenvalue weighted by atomic mass is 16.6. The largest absolute Gasteiger partial charge is 0.468 e. The van der Waals surface area contributed by atoms with E-state index < -0.39 is 71.6 Å². The summed E-state index contributed by atoms with van der Waals surface area (Å²) in [5.74, 6) is -3.24. The molecule has 0 aliphatic carbocycles. The van der Waals surface area contributed by atoms with Crippen LogP contribution in [0.5, 0.6) is 0 Å². The van der Waals surface area contributed by atoms with Gasteiger partial charge in [-0.1, -0.05) is 65.7 Å². The van der Waals surface area contributed by atoms with Crippen molar-refractivity contribution in [1.82, 2.24) is 20.9 Å². The highest BCUT2D eigenvalue weighted by Gasteiger charge is 2.47. The summed E-state index contributed by atoms with van der Waals surface area (Å²) in [6.07, 6.45) is 5.76. The minimum atomic E-state index is -1.41. The van der Waals surface area contributed by atoms with E-state index in [9.17, 15) is 28.8 Å². The monoisotopic (exact) mass is 652 g/mol. The van der Waals surface area contributed by atoms with Gasteiger partial charge in [0.25, 0.3) is 5.91 Å². The molecule has 2 rings (SSSR count). The van der Waals surface area contributed by atoms with Crippen LogP contribution in [0.1, 0.15) is 113 Å². The second kappa shape index (κ2) is 17.5. The molecule has 2 unspecified atom stereocenters. The van der Waals surface area contributed by atoms with Crippen LogP contribution in [0.4, 0.5) is 4.79 Å². The van der Waals surface area contributed by atoms with Gasteiger partial charge < -0.3 is 35.1 Å². The summed E-state index contributed by atoms with van der Waals surface area (Å²) in [6, 6.07) is -2.76. The van der Waals surface area contributed by atoms with E-state index in [1.165, 1.54) is 18.9 Å². The number of nitrogens with one attached hydrogen (secondary N) is 3. The molecule has 0 bridgehead atoms. The fourth-order valence-corrected chi connectivity index (χ4v) is 6.15. The molecule has 2 saturated heterocycles. The first-order chi connectivity index (χ1) is 21.5. The van der Waals surface area contributed by atoms with E-state index in [1.54, 1.807) is 20.8 Å². The molecule has 4 amide bonds. The predicted octanol–water partition coefficient (Wildman–Crippen LogP) is 3.37. The van der Waals surface area contributed by atoms with Gasteiger partial charge in [0.15, 0.2) is 6.10 Å². The Bertz CT molecular complexity index is 1090. The number of carbonyl (C=O) groups is 6. The molecule has 2 aliphatic heterocycles. The van der Waals surface area contributed by atoms with Crippen molar-refractivity contribution in [2.75, 3.05) is 20.2 Å². The van der Waals surface area contributed by atoms with Crippen molar-refractivity contribution < 1.29 is 43.0 Å². The molecule has 13 nitrogen and oxygen atoms in total. The topological polar surface area (TPSA) is 169 Å². The van der Waals surface area contributed by atoms with Crippen LogP contribution < -0.4 is 16.0 Å². The summed E-state index contributed by atoms with van der Waals surface area (Å²) in [5, 5.41) is 8.19. The minimum Gasteiger partial charge on any atom is -0.468 e. The Hall–Kier alpha value is -3.38. The van der Waals surface area contributed by atoms with Gasteiger partial charge in [0.1, 0.15) is 24.2 Å². The molecule has 46 heavy (non-hydrogen) atoms. The Morgan fingerprint density at radius 2 is 1.61 bits per heavy atom. The Balaban J connectivity index is 2.47. The molecule has 0 aromatic carbocycles. The molecular formula is C33H56N4O9. The van der Waals surface area contributed by atoms with Crippen molar-refractivity contribution in [1.29, 1.82) is 0 Å². The average molecular weight is 653 g/mol. The van der Waals surface area contributed by atoms with Crippen LogP contribution in [0.25, 0.3) is 0 Å². The molecule has 0 aromatic rings. The molecule has 0 radical (unpaired) electrons. The van der Waals surface area contributed by atoms with E-state index >= 15 is 0 Å². The lowest BCUT2D eigenvalue weighted by molar-refractivity contribution is -0.157. The highest BCUT2D eigenvalue weighted by molar-refractivity contribution is 5.93. The first-order valence-corrected chi connectivity index (χ1v) is 16.6. The summed E-state index contributed by atoms with van der Waals surface area (Å²) < 4.78 is 15.5. The van der Waals surface area contributed by atoms with Crippen LogP contribution in [0.15, 0.2) is 0 Å². The standard InChI is InChI=1S/C33H56N4O9/c1-21-17-19-37-25(21)28(40)35-23(26(45-22(2)38)29(41)34-20-24(39)44-8)16-14-12-10-9-11-13-15-18-33(6,7)27(30(37)42)36-31(43)46-32(3,4)5/h21,23,25-27H,9-20H2,1-8H3,(H,34,41)(H,35,40)(H,36,43)/t21-,23-,25-,26?,27?/m0/s1. The van der Waals surface area contributed by atoms with Crippen molar-refractivity contribution in [2.24, 2.45) is 11.3 Å². The summed E-state index contributed by atoms with van der Waals surface area (Å²) in [5.41, 5.74) is -1.41. The van der Waals surface area contributed by atoms with Crippen LogP contribution >= 0.6 is 0 Å². The number of hydrogen-bond acceptors (Lipinski definition) is 9. The van der Waals surface area contributed by atoms with Gasteiger partial charge in [-0.25, -0.2) is 4.79 Å². The van der Waals surface area contributed by atoms with Crippen LogP contribution in [-0.4, -0.2) is 90.7 Å². The Labute approximate surface area is 273 Å². The lowest BCUT2D eigenvalue weighted by Gasteiger charge is -2.38. The maximum atomic E-state index is 14.3. The second-order valence-electron chi connectivity index (χ2n) is 14.3. The molecule has 0 spiro atoms. The summed E-state index contributed by atoms with van der Waals surface area (Å²) in [4.78, 5) is 79.8. The van der Waals surface area contributed by atoms with Gasteiger partial charge in [0, 0.05) is 13.5 Å². The van der Waals surface area contributed by atoms with Gasteiger partial charge in [-0.15, -0.1) is 0 Å². The fourth-order valence-electron chi connectivity index (χ4n) is 6.15. The lowest BCUT2D eigenvalue weighted by Crippen LogP contribution is -2.61. The quantitative estimate of drug-likeness (QED) is 0.288. The van der Waals surface area contributed by atoms with Crippen molar-refractivity contribution in [3.05, 3.63) is 0 Å². The predicted molar refractivity (Wildman–Crippen MR) is 170 cm³/mol. The van der Waals surface area contributed by atoms with Crippen molar-refractivity contribution in [3.8, 4) is 0 Å². The minimum absolute atomic E-state index is 0.225. The molecule has 262 valence electrons. The van der Waals surface area contributed by atoms with Crippen LogP contribution in [0.2, 0.25) is 0 Å². The Kier molecular flexibility index (Phi) is 14.8. The number of methoxy groups -OCH3 is 1. The van der Waals surface area contributed by atoms with Gasteiger partial charge in [-0.05, 0) is 51.4 Å². The Morgan fingerprint density at radius 3 is 2.20 bits per heavy atom. The number of rotatable bonds is 6. The maximum Gasteiger partial charge on any atom is 0.408 e. The van der Waals surface area contributed by atoms with E-state index in [2.05, 4.69) is 20.7 Å². The van der Waals surface area contributed by atoms with E-state index in [4.69, 9.17) is 9.47 Å². The van der Waals surface area contributed by atoms with E-state index in [-0.39, 0.29) is 11.8 Å². The highest BCUT2D eigenvalue weighted by Crippen LogP contribution is 2.33. The fraction of sp³-hybridized carbons (Fsp3) is 0.818. The molecular weight excluding hydrogens is 596 g/mol. The Morgan fingerprint density at radius 1 is 1.00 bits per heavy atom. The number of esters is 2. The van der Waals surface area contributed by atoms with Gasteiger partial charge in [-0.2, -0.15) is 0 Å². The number of hydrogen-bond donors (Lipinski definition) is 3. The average Bonchev–Trinajstić information content (AvgIpc) is 3.35. The van der Waals surface area contributed by atoms with E-state index in [1.807, 2.05) is 20.8 Å².